The Kier molecular flexibility index (Phi) is 6.32. The Morgan fingerprint density at radius 1 is 0.750 bits per heavy atom. The Balaban J connectivity index is 1.34. The van der Waals surface area contributed by atoms with Crippen molar-refractivity contribution in [3.8, 4) is 11.5 Å². The lowest BCUT2D eigenvalue weighted by molar-refractivity contribution is 0.210. The minimum Gasteiger partial charge on any atom is -0.457 e. The predicted octanol–water partition coefficient (Wildman–Crippen LogP) is 6.82. The number of benzene rings is 4. The number of urea groups is 1. The number of nitrogens with one attached hydrogen (secondary N) is 2. The third-order valence-electron chi connectivity index (χ3n) is 5.57. The highest BCUT2D eigenvalue weighted by Crippen LogP contribution is 2.31. The van der Waals surface area contributed by atoms with E-state index in [1.54, 1.807) is 48.5 Å². The van der Waals surface area contributed by atoms with E-state index in [-0.39, 0.29) is 24.0 Å². The number of hydrogen-bond donors (Lipinski definition) is 2. The summed E-state index contributed by atoms with van der Waals surface area (Å²) < 4.78 is 45.9. The van der Waals surface area contributed by atoms with E-state index in [1.807, 2.05) is 0 Å². The molecule has 4 aromatic rings. The second-order valence-corrected chi connectivity index (χ2v) is 8.08. The molecule has 4 aromatic carbocycles. The topological polar surface area (TPSA) is 53.6 Å². The highest BCUT2D eigenvalue weighted by molar-refractivity contribution is 5.98. The summed E-state index contributed by atoms with van der Waals surface area (Å²) in [5.41, 5.74) is 6.36. The standard InChI is InChI=1S/C28H20F3N3O2/c29-20-8-4-18(5-9-20)26-17-34(33-27(26)19-6-10-21(30)11-7-19)28(35)32-23-2-1-3-25(16-23)36-24-14-12-22(31)13-15-24/h1-16,33H,17H2,(H,32,35). The molecule has 180 valence electrons. The molecule has 2 amide bonds. The minimum atomic E-state index is -0.439. The first-order chi connectivity index (χ1) is 17.4. The van der Waals surface area contributed by atoms with Crippen molar-refractivity contribution in [2.75, 3.05) is 11.9 Å². The summed E-state index contributed by atoms with van der Waals surface area (Å²) in [6.07, 6.45) is 0. The van der Waals surface area contributed by atoms with Crippen molar-refractivity contribution in [3.63, 3.8) is 0 Å². The van der Waals surface area contributed by atoms with Crippen molar-refractivity contribution in [2.24, 2.45) is 0 Å². The lowest BCUT2D eigenvalue weighted by atomic mass is 10.0. The van der Waals surface area contributed by atoms with Gasteiger partial charge in [0.25, 0.3) is 0 Å². The summed E-state index contributed by atoms with van der Waals surface area (Å²) >= 11 is 0. The lowest BCUT2D eigenvalue weighted by Gasteiger charge is -2.19. The molecule has 0 saturated heterocycles. The molecule has 5 rings (SSSR count). The van der Waals surface area contributed by atoms with Gasteiger partial charge in [0.1, 0.15) is 29.0 Å². The van der Waals surface area contributed by atoms with Crippen LogP contribution in [0, 0.1) is 17.5 Å². The number of ether oxygens (including phenoxy) is 1. The highest BCUT2D eigenvalue weighted by atomic mass is 19.1. The number of halogens is 3. The fourth-order valence-corrected chi connectivity index (χ4v) is 3.81. The number of carbonyl (C=O) groups excluding carboxylic acids is 1. The molecule has 36 heavy (non-hydrogen) atoms. The van der Waals surface area contributed by atoms with Gasteiger partial charge in [-0.25, -0.2) is 23.0 Å². The first kappa shape index (κ1) is 23.0. The van der Waals surface area contributed by atoms with E-state index in [4.69, 9.17) is 4.74 Å². The molecule has 0 radical (unpaired) electrons. The van der Waals surface area contributed by atoms with Crippen LogP contribution < -0.4 is 15.5 Å². The SMILES string of the molecule is O=C(Nc1cccc(Oc2ccc(F)cc2)c1)N1CC(c2ccc(F)cc2)=C(c2ccc(F)cc2)N1. The van der Waals surface area contributed by atoms with Crippen LogP contribution in [0.15, 0.2) is 97.1 Å². The fourth-order valence-electron chi connectivity index (χ4n) is 3.81. The maximum atomic E-state index is 13.5. The van der Waals surface area contributed by atoms with Gasteiger partial charge in [0.15, 0.2) is 0 Å². The Hall–Kier alpha value is -4.72. The summed E-state index contributed by atoms with van der Waals surface area (Å²) in [5, 5.41) is 4.20. The molecule has 5 nitrogen and oxygen atoms in total. The van der Waals surface area contributed by atoms with E-state index < -0.39 is 6.03 Å². The van der Waals surface area contributed by atoms with E-state index in [0.717, 1.165) is 11.1 Å². The summed E-state index contributed by atoms with van der Waals surface area (Å²) in [7, 11) is 0. The number of hydrogen-bond acceptors (Lipinski definition) is 3. The molecular formula is C28H20F3N3O2. The fraction of sp³-hybridized carbons (Fsp3) is 0.0357. The Morgan fingerprint density at radius 2 is 1.33 bits per heavy atom. The van der Waals surface area contributed by atoms with Gasteiger partial charge in [-0.2, -0.15) is 0 Å². The number of nitrogens with zero attached hydrogens (tertiary/aromatic N) is 1. The van der Waals surface area contributed by atoms with Crippen LogP contribution >= 0.6 is 0 Å². The quantitative estimate of drug-likeness (QED) is 0.325. The van der Waals surface area contributed by atoms with Crippen molar-refractivity contribution in [1.29, 1.82) is 0 Å². The molecule has 0 saturated carbocycles. The van der Waals surface area contributed by atoms with Crippen LogP contribution in [0.25, 0.3) is 11.3 Å². The van der Waals surface area contributed by atoms with E-state index in [9.17, 15) is 18.0 Å². The van der Waals surface area contributed by atoms with E-state index >= 15 is 0 Å². The zero-order valence-corrected chi connectivity index (χ0v) is 18.8. The second-order valence-electron chi connectivity index (χ2n) is 8.08. The molecule has 0 fully saturated rings. The molecule has 0 atom stereocenters. The van der Waals surface area contributed by atoms with Crippen molar-refractivity contribution >= 4 is 23.0 Å². The number of rotatable bonds is 5. The molecule has 2 N–H and O–H groups in total. The van der Waals surface area contributed by atoms with E-state index in [2.05, 4.69) is 10.7 Å². The molecule has 0 aliphatic carbocycles. The smallest absolute Gasteiger partial charge is 0.340 e. The average molecular weight is 487 g/mol. The normalized spacial score (nSPS) is 12.9. The van der Waals surface area contributed by atoms with Crippen molar-refractivity contribution in [2.45, 2.75) is 0 Å². The van der Waals surface area contributed by atoms with E-state index in [0.29, 0.717) is 28.4 Å². The predicted molar refractivity (Wildman–Crippen MR) is 131 cm³/mol. The van der Waals surface area contributed by atoms with Crippen LogP contribution in [-0.4, -0.2) is 17.6 Å². The largest absolute Gasteiger partial charge is 0.457 e. The maximum absolute atomic E-state index is 13.5. The molecule has 0 unspecified atom stereocenters. The molecule has 8 heteroatoms. The van der Waals surface area contributed by atoms with Gasteiger partial charge >= 0.3 is 6.03 Å². The van der Waals surface area contributed by atoms with Gasteiger partial charge in [0.05, 0.1) is 12.2 Å². The summed E-state index contributed by atoms with van der Waals surface area (Å²) in [6.45, 7) is 0.190. The lowest BCUT2D eigenvalue weighted by Crippen LogP contribution is -2.40. The molecule has 1 aliphatic heterocycles. The summed E-state index contributed by atoms with van der Waals surface area (Å²) in [5.74, 6) is -0.192. The van der Waals surface area contributed by atoms with Crippen LogP contribution in [0.2, 0.25) is 0 Å². The first-order valence-electron chi connectivity index (χ1n) is 11.1. The molecule has 1 heterocycles. The number of amides is 2. The highest BCUT2D eigenvalue weighted by Gasteiger charge is 2.27. The Labute approximate surface area is 205 Å². The average Bonchev–Trinajstić information content (AvgIpc) is 3.32. The summed E-state index contributed by atoms with van der Waals surface area (Å²) in [6, 6.07) is 23.8. The molecular weight excluding hydrogens is 467 g/mol. The van der Waals surface area contributed by atoms with E-state index in [1.165, 1.54) is 53.5 Å². The number of hydrazine groups is 1. The van der Waals surface area contributed by atoms with Gasteiger partial charge in [0.2, 0.25) is 0 Å². The van der Waals surface area contributed by atoms with Crippen LogP contribution in [0.1, 0.15) is 11.1 Å². The van der Waals surface area contributed by atoms with Crippen molar-refractivity contribution < 1.29 is 22.7 Å². The van der Waals surface area contributed by atoms with Gasteiger partial charge < -0.3 is 10.1 Å². The number of carbonyl (C=O) groups is 1. The van der Waals surface area contributed by atoms with Crippen LogP contribution in [0.4, 0.5) is 23.7 Å². The first-order valence-corrected chi connectivity index (χ1v) is 11.1. The van der Waals surface area contributed by atoms with Crippen LogP contribution in [-0.2, 0) is 0 Å². The van der Waals surface area contributed by atoms with Gasteiger partial charge in [-0.3, -0.25) is 5.43 Å². The second kappa shape index (κ2) is 9.87. The molecule has 0 aromatic heterocycles. The zero-order valence-electron chi connectivity index (χ0n) is 18.8. The Morgan fingerprint density at radius 3 is 1.97 bits per heavy atom. The van der Waals surface area contributed by atoms with Gasteiger partial charge in [-0.05, 0) is 83.9 Å². The third kappa shape index (κ3) is 5.17. The minimum absolute atomic E-state index is 0.190. The third-order valence-corrected chi connectivity index (χ3v) is 5.57. The summed E-state index contributed by atoms with van der Waals surface area (Å²) in [4.78, 5) is 13.1. The van der Waals surface area contributed by atoms with Crippen LogP contribution in [0.3, 0.4) is 0 Å². The van der Waals surface area contributed by atoms with Crippen molar-refractivity contribution in [1.82, 2.24) is 10.4 Å². The maximum Gasteiger partial charge on any atom is 0.340 e. The molecule has 1 aliphatic rings. The zero-order chi connectivity index (χ0) is 25.1. The van der Waals surface area contributed by atoms with Gasteiger partial charge in [-0.1, -0.05) is 18.2 Å². The van der Waals surface area contributed by atoms with Gasteiger partial charge in [-0.15, -0.1) is 0 Å². The Bertz CT molecular complexity index is 1360. The van der Waals surface area contributed by atoms with Gasteiger partial charge in [0, 0.05) is 17.3 Å². The molecule has 0 bridgehead atoms. The molecule has 0 spiro atoms. The number of anilines is 1. The van der Waals surface area contributed by atoms with Crippen LogP contribution in [0.5, 0.6) is 11.5 Å². The van der Waals surface area contributed by atoms with Crippen molar-refractivity contribution in [3.05, 3.63) is 126 Å². The monoisotopic (exact) mass is 487 g/mol.